The van der Waals surface area contributed by atoms with Crippen LogP contribution in [0.2, 0.25) is 0 Å². The van der Waals surface area contributed by atoms with E-state index in [9.17, 15) is 0 Å². The van der Waals surface area contributed by atoms with Gasteiger partial charge in [0, 0.05) is 11.0 Å². The maximum absolute atomic E-state index is 4.43. The van der Waals surface area contributed by atoms with Gasteiger partial charge in [-0.1, -0.05) is 28.9 Å². The Hall–Kier alpha value is -0.650. The second-order valence-corrected chi connectivity index (χ2v) is 6.46. The van der Waals surface area contributed by atoms with E-state index in [-0.39, 0.29) is 6.04 Å². The third-order valence-electron chi connectivity index (χ3n) is 3.37. The molecule has 0 saturated heterocycles. The number of nitrogens with one attached hydrogen (secondary N) is 1. The molecule has 108 valence electrons. The molecule has 3 nitrogen and oxygen atoms in total. The highest BCUT2D eigenvalue weighted by Gasteiger charge is 2.22. The number of benzene rings is 1. The molecule has 0 bridgehead atoms. The summed E-state index contributed by atoms with van der Waals surface area (Å²) < 4.78 is 4.18. The Balaban J connectivity index is 2.56. The first-order valence-corrected chi connectivity index (χ1v) is 8.37. The van der Waals surface area contributed by atoms with Crippen LogP contribution in [0.1, 0.15) is 36.7 Å². The van der Waals surface area contributed by atoms with Gasteiger partial charge in [0.1, 0.15) is 0 Å². The molecule has 5 heteroatoms. The lowest BCUT2D eigenvalue weighted by Gasteiger charge is -2.22. The van der Waals surface area contributed by atoms with Crippen LogP contribution in [0.3, 0.4) is 0 Å². The lowest BCUT2D eigenvalue weighted by Crippen LogP contribution is -2.26. The Morgan fingerprint density at radius 2 is 2.05 bits per heavy atom. The molecule has 0 spiro atoms. The predicted octanol–water partition coefficient (Wildman–Crippen LogP) is 4.44. The SMILES string of the molecule is CCNC(c1cc(Br)ccc1C)c1c(Br)cnn1CC. The van der Waals surface area contributed by atoms with Gasteiger partial charge in [-0.3, -0.25) is 4.68 Å². The van der Waals surface area contributed by atoms with Crippen molar-refractivity contribution in [3.8, 4) is 0 Å². The summed E-state index contributed by atoms with van der Waals surface area (Å²) in [6.45, 7) is 8.14. The fraction of sp³-hybridized carbons (Fsp3) is 0.400. The summed E-state index contributed by atoms with van der Waals surface area (Å²) in [5.74, 6) is 0. The van der Waals surface area contributed by atoms with Crippen molar-refractivity contribution in [2.45, 2.75) is 33.4 Å². The maximum atomic E-state index is 4.43. The third-order valence-corrected chi connectivity index (χ3v) is 4.47. The standard InChI is InChI=1S/C15H19Br2N3/c1-4-18-14(12-8-11(16)7-6-10(12)3)15-13(17)9-19-20(15)5-2/h6-9,14,18H,4-5H2,1-3H3. The molecule has 1 unspecified atom stereocenters. The van der Waals surface area contributed by atoms with Crippen LogP contribution in [0.5, 0.6) is 0 Å². The van der Waals surface area contributed by atoms with Gasteiger partial charge in [0.2, 0.25) is 0 Å². The highest BCUT2D eigenvalue weighted by atomic mass is 79.9. The fourth-order valence-electron chi connectivity index (χ4n) is 2.39. The first-order chi connectivity index (χ1) is 9.58. The minimum Gasteiger partial charge on any atom is -0.305 e. The molecule has 0 aliphatic heterocycles. The molecule has 0 radical (unpaired) electrons. The van der Waals surface area contributed by atoms with Gasteiger partial charge in [0.25, 0.3) is 0 Å². The largest absolute Gasteiger partial charge is 0.305 e. The number of aromatic nitrogens is 2. The Bertz CT molecular complexity index is 593. The van der Waals surface area contributed by atoms with Crippen LogP contribution in [-0.4, -0.2) is 16.3 Å². The minimum atomic E-state index is 0.134. The summed E-state index contributed by atoms with van der Waals surface area (Å²) in [7, 11) is 0. The van der Waals surface area contributed by atoms with Gasteiger partial charge in [-0.15, -0.1) is 0 Å². The number of rotatable bonds is 5. The van der Waals surface area contributed by atoms with E-state index < -0.39 is 0 Å². The highest BCUT2D eigenvalue weighted by molar-refractivity contribution is 9.10. The van der Waals surface area contributed by atoms with Crippen LogP contribution in [0, 0.1) is 6.92 Å². The minimum absolute atomic E-state index is 0.134. The topological polar surface area (TPSA) is 29.9 Å². The quantitative estimate of drug-likeness (QED) is 0.804. The fourth-order valence-corrected chi connectivity index (χ4v) is 3.30. The first-order valence-electron chi connectivity index (χ1n) is 6.79. The van der Waals surface area contributed by atoms with E-state index in [4.69, 9.17) is 0 Å². The van der Waals surface area contributed by atoms with Crippen molar-refractivity contribution in [2.24, 2.45) is 0 Å². The van der Waals surface area contributed by atoms with Crippen molar-refractivity contribution in [3.63, 3.8) is 0 Å². The van der Waals surface area contributed by atoms with Crippen LogP contribution in [0.4, 0.5) is 0 Å². The lowest BCUT2D eigenvalue weighted by molar-refractivity contribution is 0.539. The number of nitrogens with zero attached hydrogens (tertiary/aromatic N) is 2. The van der Waals surface area contributed by atoms with Crippen LogP contribution >= 0.6 is 31.9 Å². The second kappa shape index (κ2) is 6.87. The summed E-state index contributed by atoms with van der Waals surface area (Å²) in [6, 6.07) is 6.54. The first kappa shape index (κ1) is 15.7. The number of hydrogen-bond acceptors (Lipinski definition) is 2. The molecule has 0 saturated carbocycles. The van der Waals surface area contributed by atoms with Crippen molar-refractivity contribution < 1.29 is 0 Å². The Morgan fingerprint density at radius 1 is 1.30 bits per heavy atom. The Morgan fingerprint density at radius 3 is 2.70 bits per heavy atom. The van der Waals surface area contributed by atoms with Crippen LogP contribution < -0.4 is 5.32 Å². The molecule has 2 aromatic rings. The van der Waals surface area contributed by atoms with E-state index in [0.717, 1.165) is 22.0 Å². The summed E-state index contributed by atoms with van der Waals surface area (Å²) in [4.78, 5) is 0. The molecule has 0 aliphatic carbocycles. The molecule has 1 heterocycles. The van der Waals surface area contributed by atoms with Gasteiger partial charge in [-0.2, -0.15) is 5.10 Å². The number of aryl methyl sites for hydroxylation is 2. The van der Waals surface area contributed by atoms with Crippen molar-refractivity contribution in [1.29, 1.82) is 0 Å². The predicted molar refractivity (Wildman–Crippen MR) is 90.0 cm³/mol. The molecule has 1 N–H and O–H groups in total. The van der Waals surface area contributed by atoms with Crippen molar-refractivity contribution in [3.05, 3.63) is 50.2 Å². The molecular formula is C15H19Br2N3. The average molecular weight is 401 g/mol. The summed E-state index contributed by atoms with van der Waals surface area (Å²) in [6.07, 6.45) is 1.87. The molecule has 2 rings (SSSR count). The zero-order valence-corrected chi connectivity index (χ0v) is 15.1. The Labute approximate surface area is 137 Å². The molecular weight excluding hydrogens is 382 g/mol. The summed E-state index contributed by atoms with van der Waals surface area (Å²) in [5.41, 5.74) is 3.72. The molecule has 0 fully saturated rings. The average Bonchev–Trinajstić information content (AvgIpc) is 2.80. The van der Waals surface area contributed by atoms with Crippen LogP contribution in [0.25, 0.3) is 0 Å². The van der Waals surface area contributed by atoms with Gasteiger partial charge >= 0.3 is 0 Å². The molecule has 1 aromatic heterocycles. The van der Waals surface area contributed by atoms with Crippen molar-refractivity contribution in [2.75, 3.05) is 6.54 Å². The van der Waals surface area contributed by atoms with Gasteiger partial charge in [0.05, 0.1) is 22.4 Å². The van der Waals surface area contributed by atoms with Gasteiger partial charge in [0.15, 0.2) is 0 Å². The molecule has 1 aromatic carbocycles. The third kappa shape index (κ3) is 3.15. The molecule has 0 aliphatic rings. The second-order valence-electron chi connectivity index (χ2n) is 4.69. The van der Waals surface area contributed by atoms with Crippen LogP contribution in [0.15, 0.2) is 33.3 Å². The van der Waals surface area contributed by atoms with E-state index in [1.165, 1.54) is 16.8 Å². The maximum Gasteiger partial charge on any atom is 0.0762 e. The normalized spacial score (nSPS) is 12.7. The van der Waals surface area contributed by atoms with E-state index in [1.54, 1.807) is 0 Å². The molecule has 20 heavy (non-hydrogen) atoms. The van der Waals surface area contributed by atoms with Crippen LogP contribution in [-0.2, 0) is 6.54 Å². The monoisotopic (exact) mass is 399 g/mol. The smallest absolute Gasteiger partial charge is 0.0762 e. The number of halogens is 2. The zero-order chi connectivity index (χ0) is 14.7. The lowest BCUT2D eigenvalue weighted by atomic mass is 9.98. The van der Waals surface area contributed by atoms with Crippen molar-refractivity contribution in [1.82, 2.24) is 15.1 Å². The van der Waals surface area contributed by atoms with Gasteiger partial charge in [-0.05, 0) is 59.6 Å². The highest BCUT2D eigenvalue weighted by Crippen LogP contribution is 2.31. The Kier molecular flexibility index (Phi) is 5.41. The van der Waals surface area contributed by atoms with Gasteiger partial charge in [-0.25, -0.2) is 0 Å². The van der Waals surface area contributed by atoms with E-state index >= 15 is 0 Å². The molecule has 0 amide bonds. The zero-order valence-electron chi connectivity index (χ0n) is 12.0. The van der Waals surface area contributed by atoms with E-state index in [1.807, 2.05) is 10.9 Å². The van der Waals surface area contributed by atoms with E-state index in [2.05, 4.69) is 81.2 Å². The summed E-state index contributed by atoms with van der Waals surface area (Å²) >= 11 is 7.21. The van der Waals surface area contributed by atoms with Gasteiger partial charge < -0.3 is 5.32 Å². The molecule has 1 atom stereocenters. The summed E-state index contributed by atoms with van der Waals surface area (Å²) in [5, 5.41) is 8.01. The van der Waals surface area contributed by atoms with Crippen molar-refractivity contribution >= 4 is 31.9 Å². The number of hydrogen-bond donors (Lipinski definition) is 1. The van der Waals surface area contributed by atoms with E-state index in [0.29, 0.717) is 0 Å².